The number of imidazole rings is 1. The zero-order valence-corrected chi connectivity index (χ0v) is 16.9. The van der Waals surface area contributed by atoms with Crippen LogP contribution in [0.1, 0.15) is 30.5 Å². The average Bonchev–Trinajstić information content (AvgIpc) is 3.03. The molecule has 0 atom stereocenters. The molecule has 0 saturated carbocycles. The van der Waals surface area contributed by atoms with Gasteiger partial charge in [0.1, 0.15) is 0 Å². The zero-order valence-electron chi connectivity index (χ0n) is 13.5. The molecule has 1 aromatic heterocycles. The van der Waals surface area contributed by atoms with Gasteiger partial charge in [-0.15, -0.1) is 34.0 Å². The predicted molar refractivity (Wildman–Crippen MR) is 107 cm³/mol. The van der Waals surface area contributed by atoms with Crippen LogP contribution in [0.3, 0.4) is 0 Å². The van der Waals surface area contributed by atoms with Gasteiger partial charge in [-0.3, -0.25) is 0 Å². The summed E-state index contributed by atoms with van der Waals surface area (Å²) >= 11 is 0. The van der Waals surface area contributed by atoms with Gasteiger partial charge in [-0.05, 0) is 63.2 Å². The van der Waals surface area contributed by atoms with E-state index in [4.69, 9.17) is 0 Å². The Morgan fingerprint density at radius 3 is 2.48 bits per heavy atom. The molecule has 5 heteroatoms. The number of halogens is 2. The van der Waals surface area contributed by atoms with Crippen LogP contribution >= 0.6 is 34.0 Å². The first-order valence-electron chi connectivity index (χ1n) is 8.13. The summed E-state index contributed by atoms with van der Waals surface area (Å²) in [4.78, 5) is 9.96. The highest BCUT2D eigenvalue weighted by atomic mass is 79.9. The van der Waals surface area contributed by atoms with Crippen molar-refractivity contribution in [3.05, 3.63) is 54.1 Å². The van der Waals surface area contributed by atoms with Crippen LogP contribution < -0.4 is 0 Å². The van der Waals surface area contributed by atoms with Crippen molar-refractivity contribution in [2.45, 2.75) is 32.1 Å². The maximum atomic E-state index is 4.11. The van der Waals surface area contributed by atoms with Crippen LogP contribution in [0.2, 0.25) is 0 Å². The van der Waals surface area contributed by atoms with Gasteiger partial charge in [-0.1, -0.05) is 30.3 Å². The van der Waals surface area contributed by atoms with Crippen molar-refractivity contribution in [3.8, 4) is 0 Å². The number of nitrogens with zero attached hydrogens (tertiary/aromatic N) is 2. The lowest BCUT2D eigenvalue weighted by atomic mass is 9.92. The van der Waals surface area contributed by atoms with Crippen molar-refractivity contribution in [1.29, 1.82) is 0 Å². The van der Waals surface area contributed by atoms with Gasteiger partial charge in [0.25, 0.3) is 0 Å². The Kier molecular flexibility index (Phi) is 9.75. The minimum atomic E-state index is 0. The quantitative estimate of drug-likeness (QED) is 0.713. The molecular weight excluding hydrogens is 418 g/mol. The van der Waals surface area contributed by atoms with Crippen LogP contribution in [-0.2, 0) is 12.8 Å². The molecule has 1 N–H and O–H groups in total. The summed E-state index contributed by atoms with van der Waals surface area (Å²) in [6.45, 7) is 3.76. The first-order valence-corrected chi connectivity index (χ1v) is 8.13. The number of hydrogen-bond donors (Lipinski definition) is 1. The number of benzene rings is 1. The molecule has 0 bridgehead atoms. The van der Waals surface area contributed by atoms with E-state index in [0.29, 0.717) is 0 Å². The van der Waals surface area contributed by atoms with Crippen molar-refractivity contribution in [2.24, 2.45) is 5.92 Å². The molecule has 128 valence electrons. The van der Waals surface area contributed by atoms with Gasteiger partial charge in [0.05, 0.1) is 6.33 Å². The van der Waals surface area contributed by atoms with E-state index < -0.39 is 0 Å². The molecule has 0 spiro atoms. The molecule has 1 aliphatic rings. The molecule has 2 aromatic rings. The zero-order chi connectivity index (χ0) is 14.3. The highest BCUT2D eigenvalue weighted by molar-refractivity contribution is 8.93. The third-order valence-electron chi connectivity index (χ3n) is 4.55. The van der Waals surface area contributed by atoms with Gasteiger partial charge in [0.2, 0.25) is 0 Å². The molecule has 1 saturated heterocycles. The number of hydrogen-bond acceptors (Lipinski definition) is 2. The molecule has 1 aliphatic heterocycles. The van der Waals surface area contributed by atoms with Crippen LogP contribution in [0, 0.1) is 5.92 Å². The van der Waals surface area contributed by atoms with E-state index in [0.717, 1.165) is 12.3 Å². The van der Waals surface area contributed by atoms with E-state index in [1.165, 1.54) is 56.6 Å². The molecule has 3 rings (SSSR count). The summed E-state index contributed by atoms with van der Waals surface area (Å²) in [6, 6.07) is 10.8. The predicted octanol–water partition coefficient (Wildman–Crippen LogP) is 4.45. The van der Waals surface area contributed by atoms with Crippen molar-refractivity contribution < 1.29 is 0 Å². The maximum Gasteiger partial charge on any atom is 0.0921 e. The minimum absolute atomic E-state index is 0. The highest BCUT2D eigenvalue weighted by Crippen LogP contribution is 2.21. The standard InChI is InChI=1S/C18H25N3.2BrH/c1-2-5-16(6-3-1)7-4-10-21-11-8-17(9-12-21)13-18-14-19-15-20-18;;/h1-3,5-6,14-15,17H,4,7-13H2,(H,19,20);2*1H. The van der Waals surface area contributed by atoms with Crippen LogP contribution in [-0.4, -0.2) is 34.5 Å². The smallest absolute Gasteiger partial charge is 0.0921 e. The number of aromatic amines is 1. The second-order valence-corrected chi connectivity index (χ2v) is 6.16. The number of piperidine rings is 1. The maximum absolute atomic E-state index is 4.11. The number of aryl methyl sites for hydroxylation is 1. The largest absolute Gasteiger partial charge is 0.348 e. The van der Waals surface area contributed by atoms with Crippen LogP contribution in [0.25, 0.3) is 0 Å². The van der Waals surface area contributed by atoms with Gasteiger partial charge >= 0.3 is 0 Å². The Labute approximate surface area is 160 Å². The Morgan fingerprint density at radius 1 is 1.09 bits per heavy atom. The molecule has 23 heavy (non-hydrogen) atoms. The second-order valence-electron chi connectivity index (χ2n) is 6.16. The van der Waals surface area contributed by atoms with Gasteiger partial charge in [-0.25, -0.2) is 4.98 Å². The monoisotopic (exact) mass is 443 g/mol. The molecule has 0 radical (unpaired) electrons. The highest BCUT2D eigenvalue weighted by Gasteiger charge is 2.19. The van der Waals surface area contributed by atoms with Gasteiger partial charge in [0.15, 0.2) is 0 Å². The van der Waals surface area contributed by atoms with Crippen molar-refractivity contribution in [3.63, 3.8) is 0 Å². The molecule has 1 aromatic carbocycles. The third-order valence-corrected chi connectivity index (χ3v) is 4.55. The van der Waals surface area contributed by atoms with Gasteiger partial charge in [-0.2, -0.15) is 0 Å². The molecule has 3 nitrogen and oxygen atoms in total. The summed E-state index contributed by atoms with van der Waals surface area (Å²) < 4.78 is 0. The Morgan fingerprint density at radius 2 is 1.83 bits per heavy atom. The Bertz CT molecular complexity index is 508. The second kappa shape index (κ2) is 11.0. The van der Waals surface area contributed by atoms with E-state index in [-0.39, 0.29) is 34.0 Å². The molecule has 0 unspecified atom stereocenters. The van der Waals surface area contributed by atoms with Gasteiger partial charge < -0.3 is 9.88 Å². The third kappa shape index (κ3) is 6.77. The van der Waals surface area contributed by atoms with Crippen LogP contribution in [0.5, 0.6) is 0 Å². The van der Waals surface area contributed by atoms with Crippen molar-refractivity contribution in [1.82, 2.24) is 14.9 Å². The first kappa shape index (κ1) is 20.4. The van der Waals surface area contributed by atoms with Crippen molar-refractivity contribution >= 4 is 34.0 Å². The van der Waals surface area contributed by atoms with Crippen LogP contribution in [0.15, 0.2) is 42.9 Å². The lowest BCUT2D eigenvalue weighted by Crippen LogP contribution is -2.35. The fourth-order valence-electron chi connectivity index (χ4n) is 3.27. The summed E-state index contributed by atoms with van der Waals surface area (Å²) in [6.07, 6.45) is 10.0. The average molecular weight is 445 g/mol. The van der Waals surface area contributed by atoms with E-state index >= 15 is 0 Å². The number of rotatable bonds is 6. The van der Waals surface area contributed by atoms with Crippen molar-refractivity contribution in [2.75, 3.05) is 19.6 Å². The molecule has 0 aliphatic carbocycles. The summed E-state index contributed by atoms with van der Waals surface area (Å²) in [5.41, 5.74) is 2.75. The van der Waals surface area contributed by atoms with E-state index in [9.17, 15) is 0 Å². The number of aromatic nitrogens is 2. The number of nitrogens with one attached hydrogen (secondary N) is 1. The van der Waals surface area contributed by atoms with Crippen LogP contribution in [0.4, 0.5) is 0 Å². The lowest BCUT2D eigenvalue weighted by molar-refractivity contribution is 0.182. The number of likely N-dealkylation sites (tertiary alicyclic amines) is 1. The van der Waals surface area contributed by atoms with E-state index in [1.807, 2.05) is 6.20 Å². The molecular formula is C18H27Br2N3. The first-order chi connectivity index (χ1) is 10.4. The minimum Gasteiger partial charge on any atom is -0.348 e. The fraction of sp³-hybridized carbons (Fsp3) is 0.500. The lowest BCUT2D eigenvalue weighted by Gasteiger charge is -2.31. The summed E-state index contributed by atoms with van der Waals surface area (Å²) in [7, 11) is 0. The Hall–Kier alpha value is -0.650. The van der Waals surface area contributed by atoms with E-state index in [1.54, 1.807) is 6.33 Å². The summed E-state index contributed by atoms with van der Waals surface area (Å²) in [5.74, 6) is 0.829. The SMILES string of the molecule is Br.Br.c1ccc(CCCN2CCC(Cc3cnc[nH]3)CC2)cc1. The molecule has 1 fully saturated rings. The summed E-state index contributed by atoms with van der Waals surface area (Å²) in [5, 5.41) is 0. The molecule has 2 heterocycles. The van der Waals surface area contributed by atoms with E-state index in [2.05, 4.69) is 45.2 Å². The van der Waals surface area contributed by atoms with Gasteiger partial charge in [0, 0.05) is 11.9 Å². The normalized spacial score (nSPS) is 15.7. The fourth-order valence-corrected chi connectivity index (χ4v) is 3.27. The Balaban J connectivity index is 0.00000132. The topological polar surface area (TPSA) is 31.9 Å². The number of H-pyrrole nitrogens is 1. The molecule has 0 amide bonds.